The van der Waals surface area contributed by atoms with E-state index >= 15 is 0 Å². The van der Waals surface area contributed by atoms with Crippen LogP contribution in [0.3, 0.4) is 0 Å². The van der Waals surface area contributed by atoms with E-state index in [9.17, 15) is 0 Å². The van der Waals surface area contributed by atoms with Crippen LogP contribution in [0.4, 0.5) is 0 Å². The third-order valence-corrected chi connectivity index (χ3v) is 6.34. The molecule has 0 rings (SSSR count). The lowest BCUT2D eigenvalue weighted by molar-refractivity contribution is -0.0329. The highest BCUT2D eigenvalue weighted by molar-refractivity contribution is 8.04. The first-order chi connectivity index (χ1) is 10.5. The van der Waals surface area contributed by atoms with Gasteiger partial charge in [-0.3, -0.25) is 0 Å². The summed E-state index contributed by atoms with van der Waals surface area (Å²) in [5, 5.41) is 11.1. The van der Waals surface area contributed by atoms with Crippen molar-refractivity contribution in [1.29, 1.82) is 5.26 Å². The van der Waals surface area contributed by atoms with Crippen molar-refractivity contribution in [2.75, 3.05) is 14.2 Å². The molecule has 0 aliphatic heterocycles. The summed E-state index contributed by atoms with van der Waals surface area (Å²) in [7, 11) is -0.110. The summed E-state index contributed by atoms with van der Waals surface area (Å²) in [6, 6.07) is 0. The van der Waals surface area contributed by atoms with Crippen LogP contribution in [-0.2, 0) is 17.7 Å². The number of thiocyanates is 1. The summed E-state index contributed by atoms with van der Waals surface area (Å²) < 4.78 is 22.4. The van der Waals surface area contributed by atoms with E-state index in [0.29, 0.717) is 0 Å². The highest BCUT2D eigenvalue weighted by atomic mass is 32.2. The van der Waals surface area contributed by atoms with Gasteiger partial charge in [-0.05, 0) is 38.5 Å². The predicted octanol–water partition coefficient (Wildman–Crippen LogP) is 4.45. The Hall–Kier alpha value is -0.103. The number of unbranched alkanes of at least 4 members (excludes halogenated alkanes) is 5. The first kappa shape index (κ1) is 21.9. The van der Waals surface area contributed by atoms with Gasteiger partial charge < -0.3 is 17.7 Å². The van der Waals surface area contributed by atoms with Crippen molar-refractivity contribution in [2.45, 2.75) is 77.3 Å². The lowest BCUT2D eigenvalue weighted by Crippen LogP contribution is -2.50. The molecule has 0 amide bonds. The average Bonchev–Trinajstić information content (AvgIpc) is 2.49. The summed E-state index contributed by atoms with van der Waals surface area (Å²) >= 11 is 1.11. The van der Waals surface area contributed by atoms with E-state index in [4.69, 9.17) is 23.0 Å². The van der Waals surface area contributed by atoms with Gasteiger partial charge in [0, 0.05) is 20.3 Å². The maximum absolute atomic E-state index is 8.96. The molecule has 0 aromatic heterocycles. The SMILES string of the molecule is CCCCCCCCC(O[Si](OC)(OC)OC(C)C)SC#N. The van der Waals surface area contributed by atoms with E-state index in [1.54, 1.807) is 0 Å². The van der Waals surface area contributed by atoms with Crippen LogP contribution in [-0.4, -0.2) is 34.8 Å². The summed E-state index contributed by atoms with van der Waals surface area (Å²) in [5.41, 5.74) is -0.276. The number of nitriles is 1. The summed E-state index contributed by atoms with van der Waals surface area (Å²) in [4.78, 5) is 0. The summed E-state index contributed by atoms with van der Waals surface area (Å²) in [6.07, 6.45) is 7.97. The van der Waals surface area contributed by atoms with Crippen molar-refractivity contribution in [3.05, 3.63) is 0 Å². The van der Waals surface area contributed by atoms with Crippen LogP contribution in [0.5, 0.6) is 0 Å². The third kappa shape index (κ3) is 9.82. The van der Waals surface area contributed by atoms with Gasteiger partial charge in [0.15, 0.2) is 0 Å². The molecule has 0 fully saturated rings. The van der Waals surface area contributed by atoms with Crippen LogP contribution in [0.1, 0.15) is 65.7 Å². The molecule has 0 radical (unpaired) electrons. The molecule has 0 heterocycles. The first-order valence-electron chi connectivity index (χ1n) is 8.04. The van der Waals surface area contributed by atoms with Crippen LogP contribution in [0.2, 0.25) is 0 Å². The Labute approximate surface area is 141 Å². The quantitative estimate of drug-likeness (QED) is 0.200. The van der Waals surface area contributed by atoms with E-state index in [1.165, 1.54) is 39.9 Å². The van der Waals surface area contributed by atoms with E-state index < -0.39 is 9.05 Å². The van der Waals surface area contributed by atoms with Crippen LogP contribution in [0.15, 0.2) is 0 Å². The molecule has 0 spiro atoms. The molecule has 0 aliphatic rings. The van der Waals surface area contributed by atoms with Crippen LogP contribution in [0, 0.1) is 10.7 Å². The van der Waals surface area contributed by atoms with Crippen molar-refractivity contribution < 1.29 is 17.7 Å². The fourth-order valence-electron chi connectivity index (χ4n) is 2.05. The largest absolute Gasteiger partial charge is 0.680 e. The molecule has 0 aromatic carbocycles. The lowest BCUT2D eigenvalue weighted by Gasteiger charge is -2.29. The number of nitrogens with zero attached hydrogens (tertiary/aromatic N) is 1. The molecule has 0 saturated heterocycles. The molecule has 0 aromatic rings. The van der Waals surface area contributed by atoms with Gasteiger partial charge in [-0.25, -0.2) is 0 Å². The third-order valence-electron chi connectivity index (χ3n) is 3.13. The fraction of sp³-hybridized carbons (Fsp3) is 0.933. The normalized spacial score (nSPS) is 13.3. The van der Waals surface area contributed by atoms with Gasteiger partial charge in [0.1, 0.15) is 10.8 Å². The number of hydrogen-bond donors (Lipinski definition) is 0. The Morgan fingerprint density at radius 2 is 1.59 bits per heavy atom. The van der Waals surface area contributed by atoms with Crippen LogP contribution >= 0.6 is 11.8 Å². The molecular formula is C15H31NO4SSi. The zero-order valence-corrected chi connectivity index (χ0v) is 16.4. The van der Waals surface area contributed by atoms with Crippen molar-refractivity contribution >= 4 is 20.8 Å². The first-order valence-corrected chi connectivity index (χ1v) is 10.6. The van der Waals surface area contributed by atoms with Crippen molar-refractivity contribution in [3.63, 3.8) is 0 Å². The van der Waals surface area contributed by atoms with Gasteiger partial charge in [0.2, 0.25) is 0 Å². The molecule has 1 atom stereocenters. The highest BCUT2D eigenvalue weighted by Crippen LogP contribution is 2.25. The van der Waals surface area contributed by atoms with Crippen molar-refractivity contribution in [3.8, 4) is 5.40 Å². The Balaban J connectivity index is 4.37. The molecule has 0 saturated carbocycles. The molecule has 0 N–H and O–H groups in total. The van der Waals surface area contributed by atoms with E-state index in [0.717, 1.165) is 31.0 Å². The Bertz CT molecular complexity index is 308. The lowest BCUT2D eigenvalue weighted by atomic mass is 10.1. The van der Waals surface area contributed by atoms with Gasteiger partial charge in [-0.2, -0.15) is 5.26 Å². The molecule has 5 nitrogen and oxygen atoms in total. The minimum absolute atomic E-state index is 0.0617. The topological polar surface area (TPSA) is 60.7 Å². The maximum Gasteiger partial charge on any atom is 0.680 e. The number of thioether (sulfide) groups is 1. The second-order valence-electron chi connectivity index (χ2n) is 5.39. The second-order valence-corrected chi connectivity index (χ2v) is 8.62. The van der Waals surface area contributed by atoms with E-state index in [-0.39, 0.29) is 11.5 Å². The van der Waals surface area contributed by atoms with E-state index in [2.05, 4.69) is 12.3 Å². The number of rotatable bonds is 14. The van der Waals surface area contributed by atoms with E-state index in [1.807, 2.05) is 13.8 Å². The molecule has 7 heteroatoms. The van der Waals surface area contributed by atoms with Gasteiger partial charge in [-0.15, -0.1) is 0 Å². The van der Waals surface area contributed by atoms with Gasteiger partial charge in [0.25, 0.3) is 0 Å². The summed E-state index contributed by atoms with van der Waals surface area (Å²) in [6.45, 7) is 6.02. The van der Waals surface area contributed by atoms with Crippen LogP contribution < -0.4 is 0 Å². The Morgan fingerprint density at radius 1 is 1.00 bits per heavy atom. The average molecular weight is 350 g/mol. The molecule has 22 heavy (non-hydrogen) atoms. The van der Waals surface area contributed by atoms with Crippen molar-refractivity contribution in [2.24, 2.45) is 0 Å². The summed E-state index contributed by atoms with van der Waals surface area (Å²) in [5.74, 6) is 0. The Morgan fingerprint density at radius 3 is 2.09 bits per heavy atom. The van der Waals surface area contributed by atoms with Crippen molar-refractivity contribution in [1.82, 2.24) is 0 Å². The zero-order chi connectivity index (χ0) is 16.8. The minimum Gasteiger partial charge on any atom is -0.355 e. The predicted molar refractivity (Wildman–Crippen MR) is 92.1 cm³/mol. The maximum atomic E-state index is 8.96. The fourth-order valence-corrected chi connectivity index (χ4v) is 4.62. The Kier molecular flexibility index (Phi) is 13.3. The zero-order valence-electron chi connectivity index (χ0n) is 14.6. The molecule has 0 aliphatic carbocycles. The minimum atomic E-state index is -3.16. The molecule has 0 bridgehead atoms. The highest BCUT2D eigenvalue weighted by Gasteiger charge is 2.46. The monoisotopic (exact) mass is 349 g/mol. The number of hydrogen-bond acceptors (Lipinski definition) is 6. The molecule has 130 valence electrons. The molecule has 1 unspecified atom stereocenters. The van der Waals surface area contributed by atoms with Gasteiger partial charge in [-0.1, -0.05) is 39.0 Å². The second kappa shape index (κ2) is 13.3. The van der Waals surface area contributed by atoms with Crippen LogP contribution in [0.25, 0.3) is 0 Å². The van der Waals surface area contributed by atoms with Gasteiger partial charge >= 0.3 is 9.05 Å². The standard InChI is InChI=1S/C15H31NO4SSi/c1-6-7-8-9-10-11-12-15(21-13-16)20-22(17-4,18-5)19-14(2)3/h14-15H,6-12H2,1-5H3. The smallest absolute Gasteiger partial charge is 0.355 e. The molecular weight excluding hydrogens is 318 g/mol. The van der Waals surface area contributed by atoms with Gasteiger partial charge in [0.05, 0.1) is 0 Å².